The summed E-state index contributed by atoms with van der Waals surface area (Å²) < 4.78 is 50.2. The van der Waals surface area contributed by atoms with Gasteiger partial charge in [0.1, 0.15) is 22.0 Å². The monoisotopic (exact) mass is 1220 g/mol. The summed E-state index contributed by atoms with van der Waals surface area (Å²) in [6.07, 6.45) is -1.88. The molecular formula is C67H72F3NO3S7. The third-order valence-corrected chi connectivity index (χ3v) is 26.5. The minimum absolute atomic E-state index is 0.0744. The molecule has 81 heavy (non-hydrogen) atoms. The standard InChI is InChI=1S/C67H72F3NO3S7/c1-37-30-50(38(2)39(3)53(37)73)78-59-57(75-44-22-16-13-17-23-44)54(74)58(76-45-24-18-14-19-25-45)60(61(59)77-47-28-29-49(72)48(32-47)62(6,7)8)79-55-41(5)52(71)40(4)51(56(55)81-63(9,10)11)65-35-42-31-43(36-65)34-64(12,33-42)66(65,67(68,69)70)80-46-26-20-15-21-27-46/h13-30,32,42-43,72-74H,31,33-36,71H2,1-12H3. The van der Waals surface area contributed by atoms with E-state index in [1.54, 1.807) is 29.6 Å². The van der Waals surface area contributed by atoms with Crippen molar-refractivity contribution in [2.45, 2.75) is 200 Å². The van der Waals surface area contributed by atoms with Gasteiger partial charge >= 0.3 is 6.18 Å². The molecular weight excluding hydrogens is 1150 g/mol. The maximum Gasteiger partial charge on any atom is 0.404 e. The predicted molar refractivity (Wildman–Crippen MR) is 338 cm³/mol. The van der Waals surface area contributed by atoms with Crippen LogP contribution in [0.25, 0.3) is 0 Å². The Kier molecular flexibility index (Phi) is 16.7. The number of anilines is 1. The van der Waals surface area contributed by atoms with E-state index in [2.05, 4.69) is 41.5 Å². The second kappa shape index (κ2) is 22.4. The summed E-state index contributed by atoms with van der Waals surface area (Å²) in [6, 6.07) is 37.0. The fourth-order valence-electron chi connectivity index (χ4n) is 13.5. The Hall–Kier alpha value is -4.02. The zero-order chi connectivity index (χ0) is 58.4. The summed E-state index contributed by atoms with van der Waals surface area (Å²) in [4.78, 5) is 9.32. The number of alkyl halides is 3. The van der Waals surface area contributed by atoms with Crippen molar-refractivity contribution in [3.8, 4) is 17.2 Å². The van der Waals surface area contributed by atoms with E-state index >= 15 is 13.2 Å². The van der Waals surface area contributed by atoms with Crippen LogP contribution >= 0.6 is 82.3 Å². The number of thioether (sulfide) groups is 2. The SMILES string of the molecule is Cc1cc(Sc2c(Sc3ccccc3)c(O)c(Sc3ccccc3)c(Sc3c(C)c(N)c(C)c(C45CC6CC(CC(C)(C6)C4(Sc4ccccc4)C(F)(F)F)C5)c3SC(C)(C)C)c2Sc2ccc(O)c(C(C)(C)C)c2)c(C)c(C)c1O. The average Bonchev–Trinajstić information content (AvgIpc) is 3.54. The van der Waals surface area contributed by atoms with Crippen LogP contribution in [0.1, 0.15) is 120 Å². The van der Waals surface area contributed by atoms with Crippen LogP contribution in [0.4, 0.5) is 18.9 Å². The van der Waals surface area contributed by atoms with Crippen LogP contribution in [0.3, 0.4) is 0 Å². The van der Waals surface area contributed by atoms with E-state index in [0.29, 0.717) is 51.6 Å². The van der Waals surface area contributed by atoms with Crippen molar-refractivity contribution in [1.29, 1.82) is 0 Å². The van der Waals surface area contributed by atoms with Gasteiger partial charge in [0, 0.05) is 70.4 Å². The molecule has 4 saturated carbocycles. The second-order valence-corrected chi connectivity index (χ2v) is 33.2. The molecule has 5 N–H and O–H groups in total. The van der Waals surface area contributed by atoms with Gasteiger partial charge in [-0.25, -0.2) is 0 Å². The second-order valence-electron chi connectivity index (χ2n) is 24.8. The number of nitrogen functional groups attached to an aromatic ring is 1. The summed E-state index contributed by atoms with van der Waals surface area (Å²) in [5, 5.41) is 36.3. The summed E-state index contributed by atoms with van der Waals surface area (Å²) in [5.41, 5.74) is 10.5. The molecule has 11 rings (SSSR count). The van der Waals surface area contributed by atoms with Gasteiger partial charge in [-0.1, -0.05) is 162 Å². The number of aryl methyl sites for hydroxylation is 1. The summed E-state index contributed by atoms with van der Waals surface area (Å²) in [5.74, 6) is 0.720. The van der Waals surface area contributed by atoms with Gasteiger partial charge in [0.05, 0.1) is 9.79 Å². The van der Waals surface area contributed by atoms with Crippen molar-refractivity contribution >= 4 is 88.0 Å². The smallest absolute Gasteiger partial charge is 0.404 e. The number of rotatable bonds is 14. The lowest BCUT2D eigenvalue weighted by atomic mass is 9.37. The molecule has 3 unspecified atom stereocenters. The first-order chi connectivity index (χ1) is 38.1. The number of benzene rings is 7. The first-order valence-corrected chi connectivity index (χ1v) is 33.3. The van der Waals surface area contributed by atoms with Crippen LogP contribution < -0.4 is 5.73 Å². The minimum Gasteiger partial charge on any atom is -0.508 e. The van der Waals surface area contributed by atoms with Crippen LogP contribution in [0.15, 0.2) is 174 Å². The van der Waals surface area contributed by atoms with Crippen molar-refractivity contribution in [2.24, 2.45) is 17.3 Å². The Labute approximate surface area is 507 Å². The maximum atomic E-state index is 17.6. The Morgan fingerprint density at radius 3 is 1.54 bits per heavy atom. The number of phenolic OH excluding ortho intramolecular Hbond substituents is 3. The lowest BCUT2D eigenvalue weighted by Crippen LogP contribution is -2.75. The summed E-state index contributed by atoms with van der Waals surface area (Å²) >= 11 is 10.2. The van der Waals surface area contributed by atoms with Gasteiger partial charge in [-0.3, -0.25) is 0 Å². The molecule has 4 aliphatic carbocycles. The molecule has 0 saturated heterocycles. The highest BCUT2D eigenvalue weighted by Gasteiger charge is 2.81. The van der Waals surface area contributed by atoms with Crippen molar-refractivity contribution in [3.05, 3.63) is 154 Å². The number of halogens is 3. The van der Waals surface area contributed by atoms with Gasteiger partial charge in [0.2, 0.25) is 0 Å². The van der Waals surface area contributed by atoms with Crippen LogP contribution in [0.5, 0.6) is 17.2 Å². The van der Waals surface area contributed by atoms with Gasteiger partial charge in [0.25, 0.3) is 0 Å². The molecule has 0 radical (unpaired) electrons. The van der Waals surface area contributed by atoms with Gasteiger partial charge in [-0.15, -0.1) is 23.5 Å². The number of hydrogen-bond donors (Lipinski definition) is 4. The molecule has 14 heteroatoms. The third-order valence-electron chi connectivity index (χ3n) is 16.8. The summed E-state index contributed by atoms with van der Waals surface area (Å²) in [6.45, 7) is 24.4. The van der Waals surface area contributed by atoms with Crippen LogP contribution in [0.2, 0.25) is 0 Å². The van der Waals surface area contributed by atoms with Gasteiger partial charge in [-0.05, 0) is 183 Å². The molecule has 4 fully saturated rings. The Balaban J connectivity index is 1.34. The van der Waals surface area contributed by atoms with Crippen molar-refractivity contribution < 1.29 is 28.5 Å². The van der Waals surface area contributed by atoms with Crippen molar-refractivity contribution in [1.82, 2.24) is 0 Å². The fraction of sp³-hybridized carbons (Fsp3) is 0.373. The number of phenols is 3. The Morgan fingerprint density at radius 2 is 1.02 bits per heavy atom. The molecule has 0 aliphatic heterocycles. The number of nitrogens with two attached hydrogens (primary N) is 1. The molecule has 3 atom stereocenters. The third kappa shape index (κ3) is 11.1. The fourth-order valence-corrected chi connectivity index (χ4v) is 22.9. The highest BCUT2D eigenvalue weighted by atomic mass is 32.2. The first-order valence-electron chi connectivity index (χ1n) is 27.5. The maximum absolute atomic E-state index is 17.6. The van der Waals surface area contributed by atoms with Crippen LogP contribution in [0, 0.1) is 51.9 Å². The van der Waals surface area contributed by atoms with E-state index in [1.165, 1.54) is 47.0 Å². The average molecular weight is 1220 g/mol. The van der Waals surface area contributed by atoms with Crippen LogP contribution in [-0.2, 0) is 10.8 Å². The first kappa shape index (κ1) is 60.1. The van der Waals surface area contributed by atoms with Crippen LogP contribution in [-0.4, -0.2) is 31.0 Å². The number of aromatic hydroxyl groups is 3. The minimum atomic E-state index is -4.62. The normalized spacial score (nSPS) is 21.7. The number of hydrogen-bond acceptors (Lipinski definition) is 11. The molecule has 0 aromatic heterocycles. The molecule has 7 aromatic rings. The molecule has 426 valence electrons. The van der Waals surface area contributed by atoms with Crippen molar-refractivity contribution in [3.63, 3.8) is 0 Å². The molecule has 7 aromatic carbocycles. The molecule has 0 spiro atoms. The Morgan fingerprint density at radius 1 is 0.519 bits per heavy atom. The van der Waals surface area contributed by atoms with Gasteiger partial charge in [0.15, 0.2) is 0 Å². The largest absolute Gasteiger partial charge is 0.508 e. The topological polar surface area (TPSA) is 86.7 Å². The van der Waals surface area contributed by atoms with E-state index in [-0.39, 0.29) is 29.1 Å². The van der Waals surface area contributed by atoms with E-state index < -0.39 is 31.9 Å². The zero-order valence-electron chi connectivity index (χ0n) is 48.1. The Bertz CT molecular complexity index is 3530. The van der Waals surface area contributed by atoms with Gasteiger partial charge in [-0.2, -0.15) is 13.2 Å². The molecule has 4 nitrogen and oxygen atoms in total. The van der Waals surface area contributed by atoms with Gasteiger partial charge < -0.3 is 21.1 Å². The molecule has 4 aliphatic rings. The van der Waals surface area contributed by atoms with Crippen molar-refractivity contribution in [2.75, 3.05) is 5.73 Å². The lowest BCUT2D eigenvalue weighted by molar-refractivity contribution is -0.252. The molecule has 0 heterocycles. The predicted octanol–water partition coefficient (Wildman–Crippen LogP) is 21.4. The van der Waals surface area contributed by atoms with E-state index in [9.17, 15) is 15.3 Å². The molecule has 4 bridgehead atoms. The van der Waals surface area contributed by atoms with E-state index in [4.69, 9.17) is 5.73 Å². The van der Waals surface area contributed by atoms with E-state index in [0.717, 1.165) is 95.6 Å². The van der Waals surface area contributed by atoms with E-state index in [1.807, 2.05) is 151 Å². The quantitative estimate of drug-likeness (QED) is 0.0620. The zero-order valence-corrected chi connectivity index (χ0v) is 53.8. The lowest BCUT2D eigenvalue weighted by Gasteiger charge is -2.72. The highest BCUT2D eigenvalue weighted by Crippen LogP contribution is 2.79. The summed E-state index contributed by atoms with van der Waals surface area (Å²) in [7, 11) is 0. The highest BCUT2D eigenvalue weighted by molar-refractivity contribution is 8.06. The molecule has 0 amide bonds.